The van der Waals surface area contributed by atoms with Gasteiger partial charge in [-0.2, -0.15) is 13.2 Å². The number of alkyl halides is 3. The summed E-state index contributed by atoms with van der Waals surface area (Å²) in [5.74, 6) is -0.515. The fraction of sp³-hybridized carbons (Fsp3) is 0.615. The third kappa shape index (κ3) is 3.13. The first kappa shape index (κ1) is 16.5. The van der Waals surface area contributed by atoms with Crippen molar-refractivity contribution in [1.29, 1.82) is 0 Å². The van der Waals surface area contributed by atoms with Crippen molar-refractivity contribution in [1.82, 2.24) is 10.2 Å². The Hall–Kier alpha value is -1.90. The van der Waals surface area contributed by atoms with Crippen LogP contribution in [0.3, 0.4) is 0 Å². The molecular formula is C13H17F3N4O2. The second-order valence-corrected chi connectivity index (χ2v) is 6.09. The number of aromatic nitrogens is 2. The van der Waals surface area contributed by atoms with Gasteiger partial charge >= 0.3 is 6.18 Å². The Morgan fingerprint density at radius 2 is 1.91 bits per heavy atom. The molecule has 1 aromatic heterocycles. The molecule has 0 saturated carbocycles. The quantitative estimate of drug-likeness (QED) is 0.894. The fourth-order valence-corrected chi connectivity index (χ4v) is 2.49. The van der Waals surface area contributed by atoms with Crippen molar-refractivity contribution in [3.63, 3.8) is 0 Å². The predicted octanol–water partition coefficient (Wildman–Crippen LogP) is 1.51. The molecule has 0 bridgehead atoms. The molecule has 1 saturated heterocycles. The van der Waals surface area contributed by atoms with E-state index in [-0.39, 0.29) is 18.1 Å². The van der Waals surface area contributed by atoms with Gasteiger partial charge in [-0.3, -0.25) is 4.79 Å². The van der Waals surface area contributed by atoms with E-state index >= 15 is 0 Å². The van der Waals surface area contributed by atoms with E-state index in [2.05, 4.69) is 10.2 Å². The molecule has 9 heteroatoms. The summed E-state index contributed by atoms with van der Waals surface area (Å²) in [6, 6.07) is 2.75. The zero-order chi connectivity index (χ0) is 16.8. The molecule has 6 nitrogen and oxygen atoms in total. The van der Waals surface area contributed by atoms with Crippen molar-refractivity contribution >= 4 is 11.7 Å². The number of nitrogens with zero attached hydrogens (tertiary/aromatic N) is 3. The third-order valence-corrected chi connectivity index (χ3v) is 3.39. The molecular weight excluding hydrogens is 301 g/mol. The summed E-state index contributed by atoms with van der Waals surface area (Å²) in [7, 11) is 0. The Kier molecular flexibility index (Phi) is 3.80. The van der Waals surface area contributed by atoms with Gasteiger partial charge in [0.15, 0.2) is 17.1 Å². The number of halogens is 3. The molecule has 122 valence electrons. The van der Waals surface area contributed by atoms with E-state index in [4.69, 9.17) is 10.5 Å². The van der Waals surface area contributed by atoms with Crippen LogP contribution >= 0.6 is 0 Å². The maximum Gasteiger partial charge on any atom is 0.418 e. The summed E-state index contributed by atoms with van der Waals surface area (Å²) in [4.78, 5) is 12.4. The van der Waals surface area contributed by atoms with Crippen LogP contribution in [0, 0.1) is 0 Å². The minimum absolute atomic E-state index is 0.0464. The van der Waals surface area contributed by atoms with Crippen LogP contribution in [0.25, 0.3) is 0 Å². The highest BCUT2D eigenvalue weighted by atomic mass is 19.4. The molecule has 1 unspecified atom stereocenters. The molecule has 2 rings (SSSR count). The van der Waals surface area contributed by atoms with Crippen LogP contribution in [0.4, 0.5) is 19.0 Å². The maximum atomic E-state index is 13.3. The molecule has 1 fully saturated rings. The van der Waals surface area contributed by atoms with Gasteiger partial charge in [0, 0.05) is 6.54 Å². The first-order valence-electron chi connectivity index (χ1n) is 6.59. The predicted molar refractivity (Wildman–Crippen MR) is 72.4 cm³/mol. The summed E-state index contributed by atoms with van der Waals surface area (Å²) in [5, 5.41) is 7.41. The number of carbonyl (C=O) groups is 1. The number of nitrogens with two attached hydrogens (primary N) is 1. The standard InChI is InChI=1S/C13H17F3N4O2/c1-11(2)6-20(7-12(3,22-11)13(14,15)16)9-5-4-8(10(17)21)18-19-9/h4-5H,6-7H2,1-3H3,(H2,17,21). The van der Waals surface area contributed by atoms with Gasteiger partial charge in [0.1, 0.15) is 0 Å². The molecule has 0 radical (unpaired) electrons. The highest BCUT2D eigenvalue weighted by Gasteiger charge is 2.58. The SMILES string of the molecule is CC1(C)CN(c2ccc(C(N)=O)nn2)CC(C)(C(F)(F)F)O1. The van der Waals surface area contributed by atoms with E-state index in [9.17, 15) is 18.0 Å². The number of anilines is 1. The molecule has 0 aliphatic carbocycles. The largest absolute Gasteiger partial charge is 0.418 e. The Balaban J connectivity index is 2.32. The third-order valence-electron chi connectivity index (χ3n) is 3.39. The zero-order valence-electron chi connectivity index (χ0n) is 12.4. The molecule has 1 aromatic rings. The van der Waals surface area contributed by atoms with Crippen molar-refractivity contribution in [2.45, 2.75) is 38.1 Å². The average Bonchev–Trinajstić information content (AvgIpc) is 2.35. The second-order valence-electron chi connectivity index (χ2n) is 6.09. The van der Waals surface area contributed by atoms with Gasteiger partial charge in [-0.1, -0.05) is 0 Å². The monoisotopic (exact) mass is 318 g/mol. The van der Waals surface area contributed by atoms with Crippen molar-refractivity contribution in [3.05, 3.63) is 17.8 Å². The van der Waals surface area contributed by atoms with Crippen molar-refractivity contribution < 1.29 is 22.7 Å². The van der Waals surface area contributed by atoms with Gasteiger partial charge in [0.2, 0.25) is 0 Å². The molecule has 2 heterocycles. The van der Waals surface area contributed by atoms with Crippen LogP contribution in [-0.2, 0) is 4.74 Å². The molecule has 1 aliphatic heterocycles. The lowest BCUT2D eigenvalue weighted by molar-refractivity contribution is -0.302. The average molecular weight is 318 g/mol. The number of carbonyl (C=O) groups excluding carboxylic acids is 1. The summed E-state index contributed by atoms with van der Waals surface area (Å²) in [6.07, 6.45) is -4.52. The smallest absolute Gasteiger partial charge is 0.364 e. The number of morpholine rings is 1. The first-order valence-corrected chi connectivity index (χ1v) is 6.59. The summed E-state index contributed by atoms with van der Waals surface area (Å²) < 4.78 is 45.1. The van der Waals surface area contributed by atoms with E-state index in [1.165, 1.54) is 17.0 Å². The Morgan fingerprint density at radius 1 is 1.27 bits per heavy atom. The Labute approximate surface area is 125 Å². The van der Waals surface area contributed by atoms with Crippen LogP contribution in [0.5, 0.6) is 0 Å². The van der Waals surface area contributed by atoms with Gasteiger partial charge in [-0.05, 0) is 32.9 Å². The highest BCUT2D eigenvalue weighted by Crippen LogP contribution is 2.41. The zero-order valence-corrected chi connectivity index (χ0v) is 12.4. The summed E-state index contributed by atoms with van der Waals surface area (Å²) in [5.41, 5.74) is 1.67. The number of hydrogen-bond donors (Lipinski definition) is 1. The van der Waals surface area contributed by atoms with Crippen LogP contribution in [0.1, 0.15) is 31.3 Å². The van der Waals surface area contributed by atoms with E-state index in [0.29, 0.717) is 0 Å². The fourth-order valence-electron chi connectivity index (χ4n) is 2.49. The normalized spacial score (nSPS) is 25.1. The topological polar surface area (TPSA) is 81.3 Å². The van der Waals surface area contributed by atoms with E-state index < -0.39 is 29.8 Å². The molecule has 1 atom stereocenters. The molecule has 1 aliphatic rings. The van der Waals surface area contributed by atoms with Gasteiger partial charge in [0.05, 0.1) is 12.1 Å². The number of rotatable bonds is 2. The lowest BCUT2D eigenvalue weighted by atomic mass is 9.96. The van der Waals surface area contributed by atoms with Crippen LogP contribution in [0.15, 0.2) is 12.1 Å². The van der Waals surface area contributed by atoms with Crippen LogP contribution in [-0.4, -0.2) is 46.6 Å². The first-order chi connectivity index (χ1) is 9.94. The Morgan fingerprint density at radius 3 is 2.36 bits per heavy atom. The van der Waals surface area contributed by atoms with Crippen molar-refractivity contribution in [2.24, 2.45) is 5.73 Å². The van der Waals surface area contributed by atoms with Gasteiger partial charge < -0.3 is 15.4 Å². The van der Waals surface area contributed by atoms with Crippen LogP contribution < -0.4 is 10.6 Å². The van der Waals surface area contributed by atoms with E-state index in [1.807, 2.05) is 0 Å². The Bertz CT molecular complexity index is 574. The van der Waals surface area contributed by atoms with Gasteiger partial charge in [-0.15, -0.1) is 10.2 Å². The van der Waals surface area contributed by atoms with Crippen molar-refractivity contribution in [3.8, 4) is 0 Å². The van der Waals surface area contributed by atoms with E-state index in [0.717, 1.165) is 6.92 Å². The van der Waals surface area contributed by atoms with E-state index in [1.54, 1.807) is 13.8 Å². The lowest BCUT2D eigenvalue weighted by Crippen LogP contribution is -2.64. The highest BCUT2D eigenvalue weighted by molar-refractivity contribution is 5.90. The lowest BCUT2D eigenvalue weighted by Gasteiger charge is -2.49. The molecule has 0 spiro atoms. The minimum atomic E-state index is -4.52. The molecule has 1 amide bonds. The van der Waals surface area contributed by atoms with Crippen LogP contribution in [0.2, 0.25) is 0 Å². The van der Waals surface area contributed by atoms with Gasteiger partial charge in [0.25, 0.3) is 5.91 Å². The molecule has 2 N–H and O–H groups in total. The maximum absolute atomic E-state index is 13.3. The number of amides is 1. The molecule has 22 heavy (non-hydrogen) atoms. The number of primary amides is 1. The van der Waals surface area contributed by atoms with Gasteiger partial charge in [-0.25, -0.2) is 0 Å². The minimum Gasteiger partial charge on any atom is -0.364 e. The summed E-state index contributed by atoms with van der Waals surface area (Å²) in [6.45, 7) is 3.96. The number of ether oxygens (including phenoxy) is 1. The number of hydrogen-bond acceptors (Lipinski definition) is 5. The summed E-state index contributed by atoms with van der Waals surface area (Å²) >= 11 is 0. The van der Waals surface area contributed by atoms with Crippen molar-refractivity contribution in [2.75, 3.05) is 18.0 Å². The molecule has 0 aromatic carbocycles. The second kappa shape index (κ2) is 5.08.